The largest absolute Gasteiger partial charge is 0.494 e. The summed E-state index contributed by atoms with van der Waals surface area (Å²) in [5, 5.41) is 0. The van der Waals surface area contributed by atoms with E-state index in [-0.39, 0.29) is 17.7 Å². The molecular weight excluding hydrogens is 250 g/mol. The lowest BCUT2D eigenvalue weighted by Crippen LogP contribution is -2.07. The molecule has 0 aliphatic heterocycles. The quantitative estimate of drug-likeness (QED) is 0.789. The molecule has 0 aliphatic carbocycles. The molecule has 98 valence electrons. The van der Waals surface area contributed by atoms with Crippen LogP contribution in [0.4, 0.5) is 8.78 Å². The summed E-state index contributed by atoms with van der Waals surface area (Å²) in [6.07, 6.45) is 0.0313. The highest BCUT2D eigenvalue weighted by Crippen LogP contribution is 2.22. The fourth-order valence-electron chi connectivity index (χ4n) is 1.78. The summed E-state index contributed by atoms with van der Waals surface area (Å²) in [5.41, 5.74) is 0.491. The number of rotatable bonds is 4. The maximum absolute atomic E-state index is 13.7. The van der Waals surface area contributed by atoms with Gasteiger partial charge in [0.25, 0.3) is 0 Å². The van der Waals surface area contributed by atoms with E-state index < -0.39 is 17.4 Å². The predicted octanol–water partition coefficient (Wildman–Crippen LogP) is 3.40. The van der Waals surface area contributed by atoms with Gasteiger partial charge in [-0.15, -0.1) is 0 Å². The van der Waals surface area contributed by atoms with Gasteiger partial charge in [-0.1, -0.05) is 30.3 Å². The molecule has 4 heteroatoms. The molecule has 0 aliphatic rings. The van der Waals surface area contributed by atoms with Crippen molar-refractivity contribution >= 4 is 5.78 Å². The van der Waals surface area contributed by atoms with E-state index in [0.29, 0.717) is 0 Å². The van der Waals surface area contributed by atoms with Gasteiger partial charge >= 0.3 is 0 Å². The third kappa shape index (κ3) is 2.96. The Morgan fingerprint density at radius 2 is 1.79 bits per heavy atom. The Balaban J connectivity index is 2.27. The van der Waals surface area contributed by atoms with Gasteiger partial charge in [0.05, 0.1) is 12.7 Å². The third-order valence-corrected chi connectivity index (χ3v) is 2.75. The minimum absolute atomic E-state index is 0.0313. The predicted molar refractivity (Wildman–Crippen MR) is 67.4 cm³/mol. The summed E-state index contributed by atoms with van der Waals surface area (Å²) < 4.78 is 31.8. The van der Waals surface area contributed by atoms with Crippen LogP contribution in [-0.4, -0.2) is 12.9 Å². The van der Waals surface area contributed by atoms with Crippen LogP contribution in [0.1, 0.15) is 15.9 Å². The number of carbonyl (C=O) groups is 1. The Kier molecular flexibility index (Phi) is 3.90. The van der Waals surface area contributed by atoms with Crippen LogP contribution in [-0.2, 0) is 6.42 Å². The molecule has 0 N–H and O–H groups in total. The highest BCUT2D eigenvalue weighted by atomic mass is 19.1. The summed E-state index contributed by atoms with van der Waals surface area (Å²) in [6.45, 7) is 0. The molecule has 2 rings (SSSR count). The normalized spacial score (nSPS) is 10.3. The molecule has 0 aromatic heterocycles. The maximum Gasteiger partial charge on any atom is 0.170 e. The van der Waals surface area contributed by atoms with Crippen molar-refractivity contribution in [2.24, 2.45) is 0 Å². The molecule has 0 bridgehead atoms. The SMILES string of the molecule is COc1cc(F)c(C(=O)Cc2ccccc2)cc1F. The summed E-state index contributed by atoms with van der Waals surface area (Å²) in [4.78, 5) is 11.9. The first-order chi connectivity index (χ1) is 9.11. The van der Waals surface area contributed by atoms with E-state index in [2.05, 4.69) is 4.74 Å². The molecule has 0 unspecified atom stereocenters. The van der Waals surface area contributed by atoms with Crippen LogP contribution in [0.25, 0.3) is 0 Å². The van der Waals surface area contributed by atoms with E-state index in [9.17, 15) is 13.6 Å². The second kappa shape index (κ2) is 5.61. The molecule has 0 amide bonds. The highest BCUT2D eigenvalue weighted by molar-refractivity contribution is 5.97. The van der Waals surface area contributed by atoms with Gasteiger partial charge in [-0.05, 0) is 11.6 Å². The van der Waals surface area contributed by atoms with Crippen molar-refractivity contribution in [1.82, 2.24) is 0 Å². The Morgan fingerprint density at radius 3 is 2.42 bits per heavy atom. The molecule has 0 fully saturated rings. The van der Waals surface area contributed by atoms with Crippen LogP contribution in [0, 0.1) is 11.6 Å². The minimum Gasteiger partial charge on any atom is -0.494 e. The first-order valence-electron chi connectivity index (χ1n) is 5.72. The number of benzene rings is 2. The van der Waals surface area contributed by atoms with Gasteiger partial charge in [0, 0.05) is 12.5 Å². The second-order valence-electron chi connectivity index (χ2n) is 4.05. The van der Waals surface area contributed by atoms with Gasteiger partial charge in [-0.3, -0.25) is 4.79 Å². The van der Waals surface area contributed by atoms with Gasteiger partial charge in [0.15, 0.2) is 17.3 Å². The second-order valence-corrected chi connectivity index (χ2v) is 4.05. The number of methoxy groups -OCH3 is 1. The first kappa shape index (κ1) is 13.2. The lowest BCUT2D eigenvalue weighted by atomic mass is 10.0. The van der Waals surface area contributed by atoms with Crippen LogP contribution in [0.15, 0.2) is 42.5 Å². The third-order valence-electron chi connectivity index (χ3n) is 2.75. The van der Waals surface area contributed by atoms with Gasteiger partial charge < -0.3 is 4.74 Å². The molecule has 2 nitrogen and oxygen atoms in total. The molecule has 0 heterocycles. The van der Waals surface area contributed by atoms with E-state index in [4.69, 9.17) is 0 Å². The Hall–Kier alpha value is -2.23. The van der Waals surface area contributed by atoms with Crippen molar-refractivity contribution in [2.75, 3.05) is 7.11 Å². The lowest BCUT2D eigenvalue weighted by Gasteiger charge is -2.06. The number of halogens is 2. The number of ether oxygens (including phenoxy) is 1. The maximum atomic E-state index is 13.7. The van der Waals surface area contributed by atoms with Crippen LogP contribution in [0.2, 0.25) is 0 Å². The molecular formula is C15H12F2O2. The molecule has 0 saturated carbocycles. The van der Waals surface area contributed by atoms with Crippen molar-refractivity contribution in [2.45, 2.75) is 6.42 Å². The number of carbonyl (C=O) groups excluding carboxylic acids is 1. The summed E-state index contributed by atoms with van der Waals surface area (Å²) in [6, 6.07) is 10.7. The van der Waals surface area contributed by atoms with E-state index in [1.165, 1.54) is 7.11 Å². The van der Waals surface area contributed by atoms with Gasteiger partial charge in [-0.2, -0.15) is 0 Å². The molecule has 2 aromatic carbocycles. The molecule has 19 heavy (non-hydrogen) atoms. The van der Waals surface area contributed by atoms with Gasteiger partial charge in [0.2, 0.25) is 0 Å². The number of ketones is 1. The highest BCUT2D eigenvalue weighted by Gasteiger charge is 2.16. The average molecular weight is 262 g/mol. The van der Waals surface area contributed by atoms with Crippen molar-refractivity contribution in [3.05, 3.63) is 65.2 Å². The lowest BCUT2D eigenvalue weighted by molar-refractivity contribution is 0.0988. The zero-order valence-corrected chi connectivity index (χ0v) is 10.3. The van der Waals surface area contributed by atoms with Gasteiger partial charge in [-0.25, -0.2) is 8.78 Å². The number of hydrogen-bond donors (Lipinski definition) is 0. The Morgan fingerprint density at radius 1 is 1.11 bits per heavy atom. The molecule has 0 saturated heterocycles. The monoisotopic (exact) mass is 262 g/mol. The van der Waals surface area contributed by atoms with Gasteiger partial charge in [0.1, 0.15) is 5.82 Å². The van der Waals surface area contributed by atoms with Crippen LogP contribution in [0.5, 0.6) is 5.75 Å². The van der Waals surface area contributed by atoms with E-state index in [1.54, 1.807) is 24.3 Å². The Bertz CT molecular complexity index is 595. The first-order valence-corrected chi connectivity index (χ1v) is 5.72. The molecule has 0 atom stereocenters. The standard InChI is InChI=1S/C15H12F2O2/c1-19-15-9-12(16)11(8-13(15)17)14(18)7-10-5-3-2-4-6-10/h2-6,8-9H,7H2,1H3. The topological polar surface area (TPSA) is 26.3 Å². The fraction of sp³-hybridized carbons (Fsp3) is 0.133. The fourth-order valence-corrected chi connectivity index (χ4v) is 1.78. The summed E-state index contributed by atoms with van der Waals surface area (Å²) >= 11 is 0. The van der Waals surface area contributed by atoms with Crippen molar-refractivity contribution < 1.29 is 18.3 Å². The van der Waals surface area contributed by atoms with Crippen molar-refractivity contribution in [1.29, 1.82) is 0 Å². The van der Waals surface area contributed by atoms with Crippen LogP contribution < -0.4 is 4.74 Å². The van der Waals surface area contributed by atoms with E-state index in [1.807, 2.05) is 6.07 Å². The smallest absolute Gasteiger partial charge is 0.170 e. The number of Topliss-reactive ketones (excluding diaryl/α,β-unsaturated/α-hetero) is 1. The molecule has 0 spiro atoms. The Labute approximate surface area is 109 Å². The zero-order chi connectivity index (χ0) is 13.8. The van der Waals surface area contributed by atoms with Crippen LogP contribution >= 0.6 is 0 Å². The average Bonchev–Trinajstić information content (AvgIpc) is 2.42. The molecule has 0 radical (unpaired) electrons. The van der Waals surface area contributed by atoms with Crippen molar-refractivity contribution in [3.8, 4) is 5.75 Å². The minimum atomic E-state index is -0.779. The zero-order valence-electron chi connectivity index (χ0n) is 10.3. The van der Waals surface area contributed by atoms with E-state index in [0.717, 1.165) is 17.7 Å². The summed E-state index contributed by atoms with van der Waals surface area (Å²) in [7, 11) is 1.24. The van der Waals surface area contributed by atoms with E-state index >= 15 is 0 Å². The summed E-state index contributed by atoms with van der Waals surface area (Å²) in [5.74, 6) is -2.21. The van der Waals surface area contributed by atoms with Crippen LogP contribution in [0.3, 0.4) is 0 Å². The van der Waals surface area contributed by atoms with Crippen molar-refractivity contribution in [3.63, 3.8) is 0 Å². The number of hydrogen-bond acceptors (Lipinski definition) is 2. The molecule has 2 aromatic rings.